The van der Waals surface area contributed by atoms with Crippen LogP contribution < -0.4 is 0 Å². The topological polar surface area (TPSA) is 86.3 Å². The van der Waals surface area contributed by atoms with Crippen molar-refractivity contribution in [2.24, 2.45) is 5.92 Å². The van der Waals surface area contributed by atoms with Crippen molar-refractivity contribution in [3.63, 3.8) is 0 Å². The maximum Gasteiger partial charge on any atom is 0.289 e. The molecule has 1 aliphatic carbocycles. The molecule has 0 heterocycles. The summed E-state index contributed by atoms with van der Waals surface area (Å²) >= 11 is 1.40. The van der Waals surface area contributed by atoms with Crippen molar-refractivity contribution < 1.29 is 9.85 Å². The lowest BCUT2D eigenvalue weighted by molar-refractivity contribution is -0.396. The Hall–Kier alpha value is -2.41. The van der Waals surface area contributed by atoms with Gasteiger partial charge in [0.15, 0.2) is 0 Å². The summed E-state index contributed by atoms with van der Waals surface area (Å²) in [6.07, 6.45) is 1.08. The molecule has 0 amide bonds. The molecule has 1 fully saturated rings. The first-order valence-corrected chi connectivity index (χ1v) is 8.15. The lowest BCUT2D eigenvalue weighted by Crippen LogP contribution is -1.95. The van der Waals surface area contributed by atoms with Crippen LogP contribution in [0.2, 0.25) is 0 Å². The van der Waals surface area contributed by atoms with Crippen molar-refractivity contribution in [1.82, 2.24) is 0 Å². The second-order valence-corrected chi connectivity index (χ2v) is 6.55. The highest BCUT2D eigenvalue weighted by Gasteiger charge is 2.38. The van der Waals surface area contributed by atoms with Gasteiger partial charge in [-0.25, -0.2) is 0 Å². The van der Waals surface area contributed by atoms with Gasteiger partial charge < -0.3 is 0 Å². The second-order valence-electron chi connectivity index (χ2n) is 5.49. The molecule has 0 aromatic heterocycles. The van der Waals surface area contributed by atoms with Crippen LogP contribution in [0.25, 0.3) is 0 Å². The summed E-state index contributed by atoms with van der Waals surface area (Å²) < 4.78 is 0. The Bertz CT molecular complexity index is 751. The van der Waals surface area contributed by atoms with E-state index in [0.29, 0.717) is 16.7 Å². The van der Waals surface area contributed by atoms with E-state index in [0.717, 1.165) is 18.2 Å². The molecular formula is C16H14N2O4S. The lowest BCUT2D eigenvalue weighted by Gasteiger charge is -2.03. The fourth-order valence-electron chi connectivity index (χ4n) is 2.62. The first-order chi connectivity index (χ1) is 11.1. The van der Waals surface area contributed by atoms with Crippen molar-refractivity contribution in [3.8, 4) is 0 Å². The molecule has 3 rings (SSSR count). The number of nitrogens with zero attached hydrogens (tertiary/aromatic N) is 2. The van der Waals surface area contributed by atoms with Crippen molar-refractivity contribution in [1.29, 1.82) is 0 Å². The molecule has 0 saturated heterocycles. The van der Waals surface area contributed by atoms with E-state index < -0.39 is 9.85 Å². The van der Waals surface area contributed by atoms with Crippen LogP contribution in [0.5, 0.6) is 0 Å². The number of rotatable bonds is 6. The highest BCUT2D eigenvalue weighted by molar-refractivity contribution is 7.99. The molecule has 2 aromatic rings. The first kappa shape index (κ1) is 15.5. The van der Waals surface area contributed by atoms with E-state index in [1.165, 1.54) is 29.5 Å². The second kappa shape index (κ2) is 6.37. The van der Waals surface area contributed by atoms with Crippen LogP contribution in [-0.4, -0.2) is 15.6 Å². The normalized spacial score (nSPS) is 19.3. The van der Waals surface area contributed by atoms with Gasteiger partial charge >= 0.3 is 0 Å². The van der Waals surface area contributed by atoms with Crippen LogP contribution in [0, 0.1) is 26.1 Å². The van der Waals surface area contributed by atoms with E-state index in [2.05, 4.69) is 12.1 Å². The Kier molecular flexibility index (Phi) is 4.29. The molecule has 1 aliphatic rings. The molecular weight excluding hydrogens is 316 g/mol. The van der Waals surface area contributed by atoms with E-state index in [-0.39, 0.29) is 11.4 Å². The Morgan fingerprint density at radius 2 is 1.78 bits per heavy atom. The minimum absolute atomic E-state index is 0.193. The summed E-state index contributed by atoms with van der Waals surface area (Å²) in [5, 5.41) is 21.9. The molecule has 6 nitrogen and oxygen atoms in total. The van der Waals surface area contributed by atoms with Gasteiger partial charge in [0.2, 0.25) is 0 Å². The summed E-state index contributed by atoms with van der Waals surface area (Å²) in [5.74, 6) is 1.79. The average Bonchev–Trinajstić information content (AvgIpc) is 3.33. The van der Waals surface area contributed by atoms with Gasteiger partial charge in [0.25, 0.3) is 11.4 Å². The van der Waals surface area contributed by atoms with Crippen molar-refractivity contribution in [3.05, 3.63) is 74.3 Å². The van der Waals surface area contributed by atoms with Crippen molar-refractivity contribution in [2.75, 3.05) is 5.75 Å². The van der Waals surface area contributed by atoms with Crippen LogP contribution in [-0.2, 0) is 0 Å². The van der Waals surface area contributed by atoms with Gasteiger partial charge in [0, 0.05) is 11.8 Å². The van der Waals surface area contributed by atoms with E-state index in [9.17, 15) is 20.2 Å². The maximum absolute atomic E-state index is 11.1. The van der Waals surface area contributed by atoms with Crippen LogP contribution in [0.15, 0.2) is 53.4 Å². The van der Waals surface area contributed by atoms with Gasteiger partial charge in [-0.15, -0.1) is 11.8 Å². The Morgan fingerprint density at radius 3 is 2.43 bits per heavy atom. The SMILES string of the molecule is O=[N+]([O-])c1ccc(SCC2CC2c2ccccc2)c([N+](=O)[O-])c1. The number of non-ortho nitro benzene ring substituents is 1. The van der Waals surface area contributed by atoms with E-state index in [4.69, 9.17) is 0 Å². The highest BCUT2D eigenvalue weighted by Crippen LogP contribution is 2.50. The standard InChI is InChI=1S/C16H14N2O4S/c19-17(20)13-6-7-16(15(9-13)18(21)22)23-10-12-8-14(12)11-4-2-1-3-5-11/h1-7,9,12,14H,8,10H2. The maximum atomic E-state index is 11.1. The lowest BCUT2D eigenvalue weighted by atomic mass is 10.1. The number of hydrogen-bond donors (Lipinski definition) is 0. The van der Waals surface area contributed by atoms with Crippen LogP contribution in [0.1, 0.15) is 17.9 Å². The molecule has 0 aliphatic heterocycles. The third-order valence-electron chi connectivity index (χ3n) is 3.95. The fraction of sp³-hybridized carbons (Fsp3) is 0.250. The minimum Gasteiger partial charge on any atom is -0.258 e. The van der Waals surface area contributed by atoms with Crippen LogP contribution in [0.3, 0.4) is 0 Å². The molecule has 7 heteroatoms. The number of hydrogen-bond acceptors (Lipinski definition) is 5. The molecule has 0 spiro atoms. The quantitative estimate of drug-likeness (QED) is 0.445. The Morgan fingerprint density at radius 1 is 1.04 bits per heavy atom. The van der Waals surface area contributed by atoms with E-state index >= 15 is 0 Å². The minimum atomic E-state index is -0.617. The third-order valence-corrected chi connectivity index (χ3v) is 5.20. The van der Waals surface area contributed by atoms with E-state index in [1.807, 2.05) is 18.2 Å². The zero-order chi connectivity index (χ0) is 16.4. The predicted molar refractivity (Wildman–Crippen MR) is 87.8 cm³/mol. The summed E-state index contributed by atoms with van der Waals surface area (Å²) in [5.41, 5.74) is 0.854. The molecule has 2 unspecified atom stereocenters. The summed E-state index contributed by atoms with van der Waals surface area (Å²) in [7, 11) is 0. The Balaban J connectivity index is 1.67. The first-order valence-electron chi connectivity index (χ1n) is 7.17. The number of benzene rings is 2. The molecule has 0 N–H and O–H groups in total. The number of nitro groups is 2. The van der Waals surface area contributed by atoms with Crippen molar-refractivity contribution >= 4 is 23.1 Å². The number of nitro benzene ring substituents is 2. The van der Waals surface area contributed by atoms with E-state index in [1.54, 1.807) is 0 Å². The largest absolute Gasteiger partial charge is 0.289 e. The van der Waals surface area contributed by atoms with Gasteiger partial charge in [-0.3, -0.25) is 20.2 Å². The van der Waals surface area contributed by atoms with Gasteiger partial charge in [0.05, 0.1) is 20.8 Å². The van der Waals surface area contributed by atoms with Gasteiger partial charge in [-0.05, 0) is 29.9 Å². The molecule has 2 aromatic carbocycles. The zero-order valence-electron chi connectivity index (χ0n) is 12.1. The Labute approximate surface area is 136 Å². The molecule has 118 valence electrons. The molecule has 1 saturated carbocycles. The molecule has 0 radical (unpaired) electrons. The number of thioether (sulfide) groups is 1. The summed E-state index contributed by atoms with van der Waals surface area (Å²) in [4.78, 5) is 21.2. The zero-order valence-corrected chi connectivity index (χ0v) is 12.9. The predicted octanol–water partition coefficient (Wildman–Crippen LogP) is 4.40. The molecule has 0 bridgehead atoms. The van der Waals surface area contributed by atoms with Crippen LogP contribution >= 0.6 is 11.8 Å². The molecule has 23 heavy (non-hydrogen) atoms. The highest BCUT2D eigenvalue weighted by atomic mass is 32.2. The fourth-order valence-corrected chi connectivity index (χ4v) is 3.83. The van der Waals surface area contributed by atoms with Crippen molar-refractivity contribution in [2.45, 2.75) is 17.2 Å². The smallest absolute Gasteiger partial charge is 0.258 e. The third kappa shape index (κ3) is 3.50. The summed E-state index contributed by atoms with van der Waals surface area (Å²) in [6.45, 7) is 0. The van der Waals surface area contributed by atoms with Gasteiger partial charge in [-0.1, -0.05) is 30.3 Å². The van der Waals surface area contributed by atoms with Gasteiger partial charge in [0.1, 0.15) is 0 Å². The molecule has 2 atom stereocenters. The van der Waals surface area contributed by atoms with Crippen LogP contribution in [0.4, 0.5) is 11.4 Å². The average molecular weight is 330 g/mol. The monoisotopic (exact) mass is 330 g/mol. The van der Waals surface area contributed by atoms with Gasteiger partial charge in [-0.2, -0.15) is 0 Å². The summed E-state index contributed by atoms with van der Waals surface area (Å²) in [6, 6.07) is 14.0.